The SMILES string of the molecule is CCNC(=NCc1ncc(C)s1)NCCCCOCCc1ccccc1.I. The topological polar surface area (TPSA) is 58.5 Å². The summed E-state index contributed by atoms with van der Waals surface area (Å²) in [6, 6.07) is 10.5. The summed E-state index contributed by atoms with van der Waals surface area (Å²) >= 11 is 1.70. The van der Waals surface area contributed by atoms with Gasteiger partial charge in [-0.1, -0.05) is 30.3 Å². The normalized spacial score (nSPS) is 11.1. The van der Waals surface area contributed by atoms with Crippen molar-refractivity contribution in [3.8, 4) is 0 Å². The van der Waals surface area contributed by atoms with Crippen LogP contribution in [0.25, 0.3) is 0 Å². The molecular formula is C20H31IN4OS. The van der Waals surface area contributed by atoms with E-state index in [0.717, 1.165) is 56.5 Å². The summed E-state index contributed by atoms with van der Waals surface area (Å²) < 4.78 is 5.72. The van der Waals surface area contributed by atoms with Crippen molar-refractivity contribution in [2.75, 3.05) is 26.3 Å². The van der Waals surface area contributed by atoms with Crippen LogP contribution in [0.1, 0.15) is 35.2 Å². The Hall–Kier alpha value is -1.19. The second-order valence-corrected chi connectivity index (χ2v) is 7.36. The Bertz CT molecular complexity index is 648. The quantitative estimate of drug-likeness (QED) is 0.210. The van der Waals surface area contributed by atoms with E-state index in [1.165, 1.54) is 10.4 Å². The molecule has 7 heteroatoms. The van der Waals surface area contributed by atoms with Crippen LogP contribution in [0.5, 0.6) is 0 Å². The van der Waals surface area contributed by atoms with Crippen LogP contribution < -0.4 is 10.6 Å². The van der Waals surface area contributed by atoms with Crippen molar-refractivity contribution in [2.24, 2.45) is 4.99 Å². The minimum absolute atomic E-state index is 0. The van der Waals surface area contributed by atoms with Gasteiger partial charge in [-0.3, -0.25) is 0 Å². The van der Waals surface area contributed by atoms with Crippen LogP contribution in [0.4, 0.5) is 0 Å². The van der Waals surface area contributed by atoms with E-state index in [1.807, 2.05) is 12.3 Å². The largest absolute Gasteiger partial charge is 0.381 e. The summed E-state index contributed by atoms with van der Waals surface area (Å²) in [5.41, 5.74) is 1.33. The lowest BCUT2D eigenvalue weighted by molar-refractivity contribution is 0.133. The van der Waals surface area contributed by atoms with Gasteiger partial charge >= 0.3 is 0 Å². The number of ether oxygens (including phenoxy) is 1. The average Bonchev–Trinajstić information content (AvgIpc) is 3.08. The van der Waals surface area contributed by atoms with Gasteiger partial charge in [0.1, 0.15) is 5.01 Å². The van der Waals surface area contributed by atoms with Crippen LogP contribution in [0.15, 0.2) is 41.5 Å². The zero-order valence-corrected chi connectivity index (χ0v) is 19.4. The maximum absolute atomic E-state index is 5.72. The number of hydrogen-bond donors (Lipinski definition) is 2. The number of nitrogens with one attached hydrogen (secondary N) is 2. The molecule has 0 aliphatic carbocycles. The molecule has 0 unspecified atom stereocenters. The fourth-order valence-electron chi connectivity index (χ4n) is 2.44. The molecule has 0 saturated heterocycles. The molecule has 0 radical (unpaired) electrons. The van der Waals surface area contributed by atoms with Gasteiger partial charge in [-0.05, 0) is 38.7 Å². The lowest BCUT2D eigenvalue weighted by Gasteiger charge is -2.11. The van der Waals surface area contributed by atoms with Crippen molar-refractivity contribution >= 4 is 41.3 Å². The van der Waals surface area contributed by atoms with Gasteiger partial charge in [-0.25, -0.2) is 9.98 Å². The second kappa shape index (κ2) is 14.8. The molecule has 0 aliphatic heterocycles. The number of aryl methyl sites for hydroxylation is 1. The van der Waals surface area contributed by atoms with Gasteiger partial charge in [0.05, 0.1) is 13.2 Å². The van der Waals surface area contributed by atoms with E-state index < -0.39 is 0 Å². The van der Waals surface area contributed by atoms with Gasteiger partial charge < -0.3 is 15.4 Å². The van der Waals surface area contributed by atoms with Crippen LogP contribution >= 0.6 is 35.3 Å². The standard InChI is InChI=1S/C20H30N4OS.HI/c1-3-21-20(24-16-19-23-15-17(2)26-19)22-12-7-8-13-25-14-11-18-9-5-4-6-10-18;/h4-6,9-10,15H,3,7-8,11-14,16H2,1-2H3,(H2,21,22,24);1H. The van der Waals surface area contributed by atoms with Crippen LogP contribution in [0, 0.1) is 6.92 Å². The predicted octanol–water partition coefficient (Wildman–Crippen LogP) is 4.16. The first kappa shape index (κ1) is 23.8. The van der Waals surface area contributed by atoms with Gasteiger partial charge in [0.25, 0.3) is 0 Å². The van der Waals surface area contributed by atoms with Crippen molar-refractivity contribution in [3.05, 3.63) is 52.0 Å². The van der Waals surface area contributed by atoms with E-state index in [9.17, 15) is 0 Å². The first-order chi connectivity index (χ1) is 12.8. The highest BCUT2D eigenvalue weighted by molar-refractivity contribution is 14.0. The molecule has 0 bridgehead atoms. The van der Waals surface area contributed by atoms with Gasteiger partial charge in [0.15, 0.2) is 5.96 Å². The van der Waals surface area contributed by atoms with E-state index in [2.05, 4.69) is 58.7 Å². The molecule has 0 amide bonds. The summed E-state index contributed by atoms with van der Waals surface area (Å²) in [5, 5.41) is 7.70. The molecule has 1 aromatic heterocycles. The smallest absolute Gasteiger partial charge is 0.191 e. The Morgan fingerprint density at radius 2 is 1.96 bits per heavy atom. The zero-order chi connectivity index (χ0) is 18.5. The lowest BCUT2D eigenvalue weighted by atomic mass is 10.2. The first-order valence-electron chi connectivity index (χ1n) is 9.33. The van der Waals surface area contributed by atoms with E-state index in [4.69, 9.17) is 4.74 Å². The number of guanidine groups is 1. The zero-order valence-electron chi connectivity index (χ0n) is 16.2. The van der Waals surface area contributed by atoms with E-state index in [0.29, 0.717) is 6.54 Å². The second-order valence-electron chi connectivity index (χ2n) is 6.04. The lowest BCUT2D eigenvalue weighted by Crippen LogP contribution is -2.37. The summed E-state index contributed by atoms with van der Waals surface area (Å²) in [6.45, 7) is 8.10. The number of hydrogen-bond acceptors (Lipinski definition) is 4. The van der Waals surface area contributed by atoms with Gasteiger partial charge in [0.2, 0.25) is 0 Å². The first-order valence-corrected chi connectivity index (χ1v) is 10.1. The van der Waals surface area contributed by atoms with Gasteiger partial charge in [-0.2, -0.15) is 0 Å². The van der Waals surface area contributed by atoms with Crippen LogP contribution in [-0.2, 0) is 17.7 Å². The van der Waals surface area contributed by atoms with E-state index >= 15 is 0 Å². The molecule has 1 aromatic carbocycles. The predicted molar refractivity (Wildman–Crippen MR) is 125 cm³/mol. The Morgan fingerprint density at radius 1 is 1.15 bits per heavy atom. The number of nitrogens with zero attached hydrogens (tertiary/aromatic N) is 2. The number of thiazole rings is 1. The Labute approximate surface area is 184 Å². The monoisotopic (exact) mass is 502 g/mol. The Kier molecular flexibility index (Phi) is 13.1. The van der Waals surface area contributed by atoms with Crippen molar-refractivity contribution in [3.63, 3.8) is 0 Å². The third-order valence-electron chi connectivity index (χ3n) is 3.77. The van der Waals surface area contributed by atoms with Crippen molar-refractivity contribution < 1.29 is 4.74 Å². The highest BCUT2D eigenvalue weighted by Gasteiger charge is 2.00. The molecule has 0 aliphatic rings. The maximum Gasteiger partial charge on any atom is 0.191 e. The number of aliphatic imine (C=N–C) groups is 1. The molecule has 150 valence electrons. The van der Waals surface area contributed by atoms with Crippen LogP contribution in [0.3, 0.4) is 0 Å². The van der Waals surface area contributed by atoms with Gasteiger partial charge in [0, 0.05) is 30.8 Å². The fourth-order valence-corrected chi connectivity index (χ4v) is 3.15. The minimum Gasteiger partial charge on any atom is -0.381 e. The molecule has 1 heterocycles. The summed E-state index contributed by atoms with van der Waals surface area (Å²) in [5.74, 6) is 0.852. The summed E-state index contributed by atoms with van der Waals surface area (Å²) in [7, 11) is 0. The minimum atomic E-state index is 0. The highest BCUT2D eigenvalue weighted by Crippen LogP contribution is 2.11. The molecule has 2 aromatic rings. The number of rotatable bonds is 11. The molecule has 0 atom stereocenters. The summed E-state index contributed by atoms with van der Waals surface area (Å²) in [4.78, 5) is 10.2. The number of halogens is 1. The van der Waals surface area contributed by atoms with Crippen molar-refractivity contribution in [1.29, 1.82) is 0 Å². The average molecular weight is 502 g/mol. The number of unbranched alkanes of at least 4 members (excludes halogenated alkanes) is 1. The molecule has 2 N–H and O–H groups in total. The number of aromatic nitrogens is 1. The van der Waals surface area contributed by atoms with Crippen LogP contribution in [0.2, 0.25) is 0 Å². The Morgan fingerprint density at radius 3 is 2.67 bits per heavy atom. The number of benzene rings is 1. The molecule has 0 fully saturated rings. The molecule has 5 nitrogen and oxygen atoms in total. The third-order valence-corrected chi connectivity index (χ3v) is 4.67. The van der Waals surface area contributed by atoms with Gasteiger partial charge in [-0.15, -0.1) is 35.3 Å². The molecule has 0 saturated carbocycles. The van der Waals surface area contributed by atoms with Crippen molar-refractivity contribution in [2.45, 2.75) is 39.7 Å². The maximum atomic E-state index is 5.72. The Balaban J connectivity index is 0.00000364. The van der Waals surface area contributed by atoms with E-state index in [-0.39, 0.29) is 24.0 Å². The highest BCUT2D eigenvalue weighted by atomic mass is 127. The van der Waals surface area contributed by atoms with Crippen LogP contribution in [-0.4, -0.2) is 37.2 Å². The molecule has 2 rings (SSSR count). The van der Waals surface area contributed by atoms with E-state index in [1.54, 1.807) is 11.3 Å². The molecular weight excluding hydrogens is 471 g/mol. The molecule has 0 spiro atoms. The fraction of sp³-hybridized carbons (Fsp3) is 0.500. The molecule has 27 heavy (non-hydrogen) atoms. The third kappa shape index (κ3) is 10.7. The summed E-state index contributed by atoms with van der Waals surface area (Å²) in [6.07, 6.45) is 4.99. The van der Waals surface area contributed by atoms with Crippen molar-refractivity contribution in [1.82, 2.24) is 15.6 Å².